The van der Waals surface area contributed by atoms with Crippen LogP contribution in [0.15, 0.2) is 35.4 Å². The van der Waals surface area contributed by atoms with Gasteiger partial charge in [0.05, 0.1) is 17.1 Å². The van der Waals surface area contributed by atoms with E-state index in [1.54, 1.807) is 39.2 Å². The zero-order valence-corrected chi connectivity index (χ0v) is 20.0. The van der Waals surface area contributed by atoms with Crippen LogP contribution in [0.25, 0.3) is 33.8 Å². The lowest BCUT2D eigenvalue weighted by molar-refractivity contribution is 0.165. The molecule has 1 aliphatic carbocycles. The number of alkyl halides is 1. The highest BCUT2D eigenvalue weighted by Gasteiger charge is 2.28. The summed E-state index contributed by atoms with van der Waals surface area (Å²) >= 11 is 6.26. The van der Waals surface area contributed by atoms with Crippen molar-refractivity contribution in [2.24, 2.45) is 7.05 Å². The van der Waals surface area contributed by atoms with Gasteiger partial charge >= 0.3 is 5.69 Å². The van der Waals surface area contributed by atoms with Crippen molar-refractivity contribution in [1.82, 2.24) is 28.7 Å². The van der Waals surface area contributed by atoms with Crippen molar-refractivity contribution in [2.45, 2.75) is 44.4 Å². The third kappa shape index (κ3) is 3.71. The Morgan fingerprint density at radius 3 is 2.71 bits per heavy atom. The molecule has 1 atom stereocenters. The zero-order valence-electron chi connectivity index (χ0n) is 19.2. The number of nitrogens with zero attached hydrogens (tertiary/aromatic N) is 7. The number of aliphatic hydroxyl groups excluding tert-OH is 1. The van der Waals surface area contributed by atoms with Gasteiger partial charge in [0.1, 0.15) is 18.0 Å². The highest BCUT2D eigenvalue weighted by atomic mass is 35.5. The topological polar surface area (TPSA) is 94.0 Å². The summed E-state index contributed by atoms with van der Waals surface area (Å²) in [6, 6.07) is 5.40. The van der Waals surface area contributed by atoms with Crippen LogP contribution in [0.4, 0.5) is 10.2 Å². The smallest absolute Gasteiger partial charge is 0.334 e. The van der Waals surface area contributed by atoms with Crippen molar-refractivity contribution in [3.8, 4) is 5.95 Å². The molecule has 182 valence electrons. The molecule has 0 radical (unpaired) electrons. The predicted octanol–water partition coefficient (Wildman–Crippen LogP) is 3.45. The van der Waals surface area contributed by atoms with Crippen LogP contribution in [0.3, 0.4) is 0 Å². The van der Waals surface area contributed by atoms with Crippen molar-refractivity contribution in [2.75, 3.05) is 18.0 Å². The first-order valence-electron chi connectivity index (χ1n) is 11.8. The van der Waals surface area contributed by atoms with Gasteiger partial charge in [-0.25, -0.2) is 18.7 Å². The number of aromatic nitrogens is 6. The summed E-state index contributed by atoms with van der Waals surface area (Å²) in [5, 5.41) is 10.5. The lowest BCUT2D eigenvalue weighted by atomic mass is 10.0. The van der Waals surface area contributed by atoms with Gasteiger partial charge in [0.15, 0.2) is 11.5 Å². The number of aryl methyl sites for hydroxylation is 1. The Balaban J connectivity index is 1.62. The molecule has 1 aliphatic heterocycles. The van der Waals surface area contributed by atoms with Crippen LogP contribution in [0.2, 0.25) is 5.02 Å². The highest BCUT2D eigenvalue weighted by Crippen LogP contribution is 2.31. The van der Waals surface area contributed by atoms with Crippen LogP contribution in [-0.4, -0.2) is 59.1 Å². The number of piperidine rings is 1. The maximum absolute atomic E-state index is 14.0. The van der Waals surface area contributed by atoms with Crippen molar-refractivity contribution in [3.63, 3.8) is 0 Å². The van der Waals surface area contributed by atoms with E-state index in [0.717, 1.165) is 16.7 Å². The van der Waals surface area contributed by atoms with Crippen molar-refractivity contribution < 1.29 is 9.50 Å². The summed E-state index contributed by atoms with van der Waals surface area (Å²) in [5.41, 5.74) is 3.15. The minimum absolute atomic E-state index is 0.228. The maximum atomic E-state index is 14.0. The number of fused-ring (bicyclic) bond motifs is 2. The molecule has 0 amide bonds. The molecule has 11 heteroatoms. The number of allylic oxidation sites excluding steroid dienone is 1. The molecule has 0 bridgehead atoms. The quantitative estimate of drug-likeness (QED) is 0.466. The molecule has 1 saturated heterocycles. The molecule has 0 spiro atoms. The second kappa shape index (κ2) is 8.46. The number of hydrogen-bond acceptors (Lipinski definition) is 6. The van der Waals surface area contributed by atoms with E-state index in [1.165, 1.54) is 0 Å². The summed E-state index contributed by atoms with van der Waals surface area (Å²) in [7, 11) is 1.71. The van der Waals surface area contributed by atoms with Crippen LogP contribution >= 0.6 is 11.6 Å². The molecule has 3 aromatic heterocycles. The van der Waals surface area contributed by atoms with Crippen LogP contribution in [0, 0.1) is 0 Å². The van der Waals surface area contributed by atoms with E-state index in [4.69, 9.17) is 21.6 Å². The summed E-state index contributed by atoms with van der Waals surface area (Å²) in [6.45, 7) is 0.995. The molecule has 1 aromatic carbocycles. The van der Waals surface area contributed by atoms with E-state index in [1.807, 2.05) is 17.0 Å². The number of halogens is 2. The second-order valence-electron chi connectivity index (χ2n) is 9.23. The monoisotopic (exact) mass is 497 g/mol. The minimum atomic E-state index is -0.838. The number of rotatable bonds is 3. The van der Waals surface area contributed by atoms with Gasteiger partial charge in [-0.15, -0.1) is 0 Å². The molecule has 0 saturated carbocycles. The Morgan fingerprint density at radius 1 is 1.17 bits per heavy atom. The Kier molecular flexibility index (Phi) is 5.37. The van der Waals surface area contributed by atoms with Crippen LogP contribution < -0.4 is 10.6 Å². The van der Waals surface area contributed by atoms with Gasteiger partial charge < -0.3 is 10.0 Å². The maximum Gasteiger partial charge on any atom is 0.334 e. The number of hydrogen-bond donors (Lipinski definition) is 1. The fourth-order valence-electron chi connectivity index (χ4n) is 5.01. The average molecular weight is 498 g/mol. The number of benzene rings is 1. The van der Waals surface area contributed by atoms with Crippen LogP contribution in [-0.2, 0) is 7.05 Å². The molecule has 4 heterocycles. The standard InChI is InChI=1S/C24H25ClFN7O2/c1-30-20-21(31-10-8-15(26)9-11-31)28-23(32-13-27-18-7-2-14(25)12-19(18)32)29-22(20)33(24(30)35)16-3-5-17(34)6-4-16/h2-3,7,12-13,15,17,34H,4-6,8-11H2,1H3/t17-/m1/s1. The first kappa shape index (κ1) is 22.2. The molecule has 1 N–H and O–H groups in total. The Hall–Kier alpha value is -3.24. The van der Waals surface area contributed by atoms with Crippen molar-refractivity contribution in [1.29, 1.82) is 0 Å². The van der Waals surface area contributed by atoms with Gasteiger partial charge in [-0.2, -0.15) is 9.97 Å². The predicted molar refractivity (Wildman–Crippen MR) is 133 cm³/mol. The molecule has 35 heavy (non-hydrogen) atoms. The normalized spacial score (nSPS) is 19.6. The van der Waals surface area contributed by atoms with Gasteiger partial charge in [-0.05, 0) is 50.3 Å². The van der Waals surface area contributed by atoms with Crippen molar-refractivity contribution >= 4 is 45.3 Å². The van der Waals surface area contributed by atoms with Gasteiger partial charge in [-0.3, -0.25) is 9.13 Å². The summed E-state index contributed by atoms with van der Waals surface area (Å²) in [6.07, 6.45) is 4.73. The van der Waals surface area contributed by atoms with E-state index in [2.05, 4.69) is 4.98 Å². The lowest BCUT2D eigenvalue weighted by Crippen LogP contribution is -2.35. The SMILES string of the molecule is Cn1c(=O)n(C2=CC[C@@H](O)CC2)c2nc(-n3cnc4ccc(Cl)cc43)nc(N3CCC(F)CC3)c21. The molecular formula is C24H25ClFN7O2. The van der Waals surface area contributed by atoms with Gasteiger partial charge in [0.25, 0.3) is 0 Å². The van der Waals surface area contributed by atoms with E-state index in [-0.39, 0.29) is 5.69 Å². The Morgan fingerprint density at radius 2 is 1.97 bits per heavy atom. The molecular weight excluding hydrogens is 473 g/mol. The molecule has 1 fully saturated rings. The number of imidazole rings is 2. The molecule has 9 nitrogen and oxygen atoms in total. The Bertz CT molecular complexity index is 1530. The highest BCUT2D eigenvalue weighted by molar-refractivity contribution is 6.31. The summed E-state index contributed by atoms with van der Waals surface area (Å²) in [4.78, 5) is 29.7. The van der Waals surface area contributed by atoms with E-state index >= 15 is 0 Å². The lowest BCUT2D eigenvalue weighted by Gasteiger charge is -2.30. The largest absolute Gasteiger partial charge is 0.393 e. The fourth-order valence-corrected chi connectivity index (χ4v) is 5.18. The van der Waals surface area contributed by atoms with Crippen LogP contribution in [0.5, 0.6) is 0 Å². The molecule has 4 aromatic rings. The van der Waals surface area contributed by atoms with Gasteiger partial charge in [-0.1, -0.05) is 17.7 Å². The first-order valence-corrected chi connectivity index (χ1v) is 12.2. The molecule has 0 unspecified atom stereocenters. The summed E-state index contributed by atoms with van der Waals surface area (Å²) < 4.78 is 18.9. The first-order chi connectivity index (χ1) is 16.9. The summed E-state index contributed by atoms with van der Waals surface area (Å²) in [5.74, 6) is 0.950. The van der Waals surface area contributed by atoms with Crippen LogP contribution in [0.1, 0.15) is 32.1 Å². The fraction of sp³-hybridized carbons (Fsp3) is 0.417. The third-order valence-electron chi connectivity index (χ3n) is 6.96. The minimum Gasteiger partial charge on any atom is -0.393 e. The zero-order chi connectivity index (χ0) is 24.3. The number of anilines is 1. The van der Waals surface area contributed by atoms with E-state index < -0.39 is 12.3 Å². The van der Waals surface area contributed by atoms with E-state index in [0.29, 0.717) is 73.1 Å². The van der Waals surface area contributed by atoms with Crippen molar-refractivity contribution in [3.05, 3.63) is 46.1 Å². The van der Waals surface area contributed by atoms with E-state index in [9.17, 15) is 14.3 Å². The third-order valence-corrected chi connectivity index (χ3v) is 7.19. The average Bonchev–Trinajstić information content (AvgIpc) is 3.38. The second-order valence-corrected chi connectivity index (χ2v) is 9.67. The number of aliphatic hydroxyl groups is 1. The van der Waals surface area contributed by atoms with Gasteiger partial charge in [0.2, 0.25) is 5.95 Å². The Labute approximate surface area is 205 Å². The molecule has 2 aliphatic rings. The van der Waals surface area contributed by atoms with Gasteiger partial charge in [0, 0.05) is 30.9 Å². The molecule has 6 rings (SSSR count).